The van der Waals surface area contributed by atoms with Crippen LogP contribution in [0.15, 0.2) is 24.3 Å². The molecule has 0 aliphatic carbocycles. The van der Waals surface area contributed by atoms with E-state index in [4.69, 9.17) is 10.5 Å². The number of amides is 1. The molecule has 1 aromatic rings. The van der Waals surface area contributed by atoms with Gasteiger partial charge >= 0.3 is 0 Å². The minimum absolute atomic E-state index is 0.0736. The van der Waals surface area contributed by atoms with Crippen LogP contribution in [0.4, 0.5) is 0 Å². The normalized spacial score (nSPS) is 20.7. The number of carbonyl (C=O) groups excluding carboxylic acids is 1. The molecule has 1 aliphatic heterocycles. The van der Waals surface area contributed by atoms with Crippen LogP contribution in [0.5, 0.6) is 5.75 Å². The number of nitrogens with zero attached hydrogens (tertiary/aromatic N) is 1. The van der Waals surface area contributed by atoms with Gasteiger partial charge in [-0.2, -0.15) is 0 Å². The molecule has 1 aromatic carbocycles. The van der Waals surface area contributed by atoms with E-state index in [1.807, 2.05) is 36.1 Å². The van der Waals surface area contributed by atoms with Crippen molar-refractivity contribution in [2.75, 3.05) is 19.7 Å². The molecule has 0 saturated carbocycles. The number of nitrogens with two attached hydrogens (primary N) is 1. The summed E-state index contributed by atoms with van der Waals surface area (Å²) in [6, 6.07) is 8.03. The monoisotopic (exact) mass is 262 g/mol. The maximum absolute atomic E-state index is 12.0. The van der Waals surface area contributed by atoms with Gasteiger partial charge in [0.1, 0.15) is 5.75 Å². The highest BCUT2D eigenvalue weighted by atomic mass is 16.5. The van der Waals surface area contributed by atoms with Crippen LogP contribution in [-0.2, 0) is 4.79 Å². The highest BCUT2D eigenvalue weighted by molar-refractivity contribution is 5.79. The minimum atomic E-state index is 0.0736. The summed E-state index contributed by atoms with van der Waals surface area (Å²) in [5, 5.41) is 0. The largest absolute Gasteiger partial charge is 0.494 e. The first-order chi connectivity index (χ1) is 9.15. The van der Waals surface area contributed by atoms with E-state index in [2.05, 4.69) is 6.92 Å². The number of likely N-dealkylation sites (tertiary alicyclic amines) is 1. The second kappa shape index (κ2) is 6.06. The molecule has 0 spiro atoms. The first-order valence-corrected chi connectivity index (χ1v) is 6.88. The number of benzene rings is 1. The number of carbonyl (C=O) groups is 1. The third-order valence-electron chi connectivity index (χ3n) is 3.69. The van der Waals surface area contributed by atoms with E-state index in [1.165, 1.54) is 0 Å². The minimum Gasteiger partial charge on any atom is -0.494 e. The van der Waals surface area contributed by atoms with Crippen molar-refractivity contribution in [3.63, 3.8) is 0 Å². The summed E-state index contributed by atoms with van der Waals surface area (Å²) in [5.41, 5.74) is 6.77. The van der Waals surface area contributed by atoms with Gasteiger partial charge in [-0.25, -0.2) is 0 Å². The molecule has 2 rings (SSSR count). The standard InChI is InChI=1S/C15H22N2O2/c1-3-19-14-6-4-5-13(8-14)11(2)17-10-12(9-16)7-15(17)18/h4-6,8,11-12H,3,7,9-10,16H2,1-2H3. The maximum atomic E-state index is 12.0. The Morgan fingerprint density at radius 2 is 2.32 bits per heavy atom. The van der Waals surface area contributed by atoms with Crippen molar-refractivity contribution in [1.82, 2.24) is 4.90 Å². The predicted molar refractivity (Wildman–Crippen MR) is 74.9 cm³/mol. The maximum Gasteiger partial charge on any atom is 0.223 e. The zero-order valence-corrected chi connectivity index (χ0v) is 11.6. The molecule has 104 valence electrons. The van der Waals surface area contributed by atoms with Crippen molar-refractivity contribution in [3.05, 3.63) is 29.8 Å². The molecular weight excluding hydrogens is 240 g/mol. The topological polar surface area (TPSA) is 55.6 Å². The lowest BCUT2D eigenvalue weighted by atomic mass is 10.1. The average molecular weight is 262 g/mol. The van der Waals surface area contributed by atoms with Gasteiger partial charge in [0.25, 0.3) is 0 Å². The fourth-order valence-electron chi connectivity index (χ4n) is 2.55. The van der Waals surface area contributed by atoms with Crippen molar-refractivity contribution in [2.24, 2.45) is 11.7 Å². The van der Waals surface area contributed by atoms with Gasteiger partial charge in [-0.3, -0.25) is 4.79 Å². The molecule has 1 fully saturated rings. The first-order valence-electron chi connectivity index (χ1n) is 6.88. The summed E-state index contributed by atoms with van der Waals surface area (Å²) >= 11 is 0. The molecule has 19 heavy (non-hydrogen) atoms. The second-order valence-electron chi connectivity index (χ2n) is 5.03. The summed E-state index contributed by atoms with van der Waals surface area (Å²) < 4.78 is 5.51. The predicted octanol–water partition coefficient (Wildman–Crippen LogP) is 1.95. The van der Waals surface area contributed by atoms with Gasteiger partial charge in [0.2, 0.25) is 5.91 Å². The van der Waals surface area contributed by atoms with E-state index in [9.17, 15) is 4.79 Å². The molecule has 0 aromatic heterocycles. The lowest BCUT2D eigenvalue weighted by molar-refractivity contribution is -0.129. The van der Waals surface area contributed by atoms with Gasteiger partial charge in [-0.15, -0.1) is 0 Å². The molecule has 4 nitrogen and oxygen atoms in total. The zero-order valence-electron chi connectivity index (χ0n) is 11.6. The van der Waals surface area contributed by atoms with E-state index >= 15 is 0 Å². The molecule has 2 unspecified atom stereocenters. The van der Waals surface area contributed by atoms with E-state index in [1.54, 1.807) is 0 Å². The van der Waals surface area contributed by atoms with E-state index in [0.717, 1.165) is 17.9 Å². The Hall–Kier alpha value is -1.55. The number of ether oxygens (including phenoxy) is 1. The van der Waals surface area contributed by atoms with Crippen molar-refractivity contribution in [1.29, 1.82) is 0 Å². The lowest BCUT2D eigenvalue weighted by Gasteiger charge is -2.25. The fraction of sp³-hybridized carbons (Fsp3) is 0.533. The smallest absolute Gasteiger partial charge is 0.223 e. The Morgan fingerprint density at radius 3 is 2.95 bits per heavy atom. The lowest BCUT2D eigenvalue weighted by Crippen LogP contribution is -2.29. The first kappa shape index (κ1) is 13.9. The van der Waals surface area contributed by atoms with Crippen LogP contribution in [0.3, 0.4) is 0 Å². The molecule has 1 aliphatic rings. The van der Waals surface area contributed by atoms with Crippen LogP contribution in [0.1, 0.15) is 31.9 Å². The molecule has 0 bridgehead atoms. The number of hydrogen-bond acceptors (Lipinski definition) is 3. The molecular formula is C15H22N2O2. The van der Waals surface area contributed by atoms with Gasteiger partial charge in [0.15, 0.2) is 0 Å². The molecule has 2 N–H and O–H groups in total. The Morgan fingerprint density at radius 1 is 1.53 bits per heavy atom. The van der Waals surface area contributed by atoms with Crippen molar-refractivity contribution in [2.45, 2.75) is 26.3 Å². The molecule has 1 amide bonds. The summed E-state index contributed by atoms with van der Waals surface area (Å²) in [6.45, 7) is 6.01. The second-order valence-corrected chi connectivity index (χ2v) is 5.03. The molecule has 1 saturated heterocycles. The van der Waals surface area contributed by atoms with E-state index < -0.39 is 0 Å². The van der Waals surface area contributed by atoms with Gasteiger partial charge in [-0.1, -0.05) is 12.1 Å². The van der Waals surface area contributed by atoms with Crippen molar-refractivity contribution >= 4 is 5.91 Å². The summed E-state index contributed by atoms with van der Waals surface area (Å²) in [5.74, 6) is 1.35. The molecule has 4 heteroatoms. The van der Waals surface area contributed by atoms with Gasteiger partial charge < -0.3 is 15.4 Å². The summed E-state index contributed by atoms with van der Waals surface area (Å²) in [7, 11) is 0. The number of hydrogen-bond donors (Lipinski definition) is 1. The van der Waals surface area contributed by atoms with E-state index in [-0.39, 0.29) is 11.9 Å². The summed E-state index contributed by atoms with van der Waals surface area (Å²) in [4.78, 5) is 13.9. The average Bonchev–Trinajstić information content (AvgIpc) is 2.80. The third-order valence-corrected chi connectivity index (χ3v) is 3.69. The van der Waals surface area contributed by atoms with Crippen LogP contribution in [-0.4, -0.2) is 30.5 Å². The summed E-state index contributed by atoms with van der Waals surface area (Å²) in [6.07, 6.45) is 0.575. The van der Waals surface area contributed by atoms with Crippen LogP contribution < -0.4 is 10.5 Å². The number of rotatable bonds is 5. The van der Waals surface area contributed by atoms with Crippen LogP contribution in [0.25, 0.3) is 0 Å². The van der Waals surface area contributed by atoms with Crippen molar-refractivity contribution in [3.8, 4) is 5.75 Å². The Balaban J connectivity index is 2.13. The fourth-order valence-corrected chi connectivity index (χ4v) is 2.55. The Bertz CT molecular complexity index is 448. The highest BCUT2D eigenvalue weighted by Crippen LogP contribution is 2.29. The SMILES string of the molecule is CCOc1cccc(C(C)N2CC(CN)CC2=O)c1. The van der Waals surface area contributed by atoms with Crippen LogP contribution >= 0.6 is 0 Å². The van der Waals surface area contributed by atoms with Crippen LogP contribution in [0.2, 0.25) is 0 Å². The quantitative estimate of drug-likeness (QED) is 0.882. The highest BCUT2D eigenvalue weighted by Gasteiger charge is 2.32. The van der Waals surface area contributed by atoms with Gasteiger partial charge in [0.05, 0.1) is 12.6 Å². The van der Waals surface area contributed by atoms with Crippen molar-refractivity contribution < 1.29 is 9.53 Å². The molecule has 0 radical (unpaired) electrons. The molecule has 1 heterocycles. The van der Waals surface area contributed by atoms with E-state index in [0.29, 0.717) is 25.5 Å². The molecule has 2 atom stereocenters. The Labute approximate surface area is 114 Å². The van der Waals surface area contributed by atoms with Gasteiger partial charge in [-0.05, 0) is 44.0 Å². The van der Waals surface area contributed by atoms with Gasteiger partial charge in [0, 0.05) is 13.0 Å². The third kappa shape index (κ3) is 3.07. The van der Waals surface area contributed by atoms with Crippen LogP contribution in [0, 0.1) is 5.92 Å². The zero-order chi connectivity index (χ0) is 13.8. The Kier molecular flexibility index (Phi) is 4.43.